The predicted octanol–water partition coefficient (Wildman–Crippen LogP) is 1.87. The average Bonchev–Trinajstić information content (AvgIpc) is 3.17. The molecular weight excluding hydrogens is 292 g/mol. The Bertz CT molecular complexity index is 583. The minimum atomic E-state index is -0.307. The zero-order valence-electron chi connectivity index (χ0n) is 14.1. The first-order valence-corrected chi connectivity index (χ1v) is 8.71. The number of hydrogen-bond acceptors (Lipinski definition) is 3. The van der Waals surface area contributed by atoms with E-state index in [1.807, 2.05) is 29.6 Å². The van der Waals surface area contributed by atoms with Crippen LogP contribution in [0.4, 0.5) is 0 Å². The minimum Gasteiger partial charge on any atom is -0.332 e. The van der Waals surface area contributed by atoms with Gasteiger partial charge in [-0.2, -0.15) is 5.10 Å². The topological polar surface area (TPSA) is 58.4 Å². The zero-order chi connectivity index (χ0) is 16.4. The molecule has 0 aromatic carbocycles. The van der Waals surface area contributed by atoms with Crippen LogP contribution < -0.4 is 0 Å². The highest BCUT2D eigenvalue weighted by atomic mass is 16.2. The molecule has 2 amide bonds. The van der Waals surface area contributed by atoms with E-state index in [0.717, 1.165) is 37.9 Å². The molecule has 2 saturated heterocycles. The SMILES string of the molecule is CCC(C(=O)N1CCCCC1c1ccnn1C)N1CCCC1=O. The van der Waals surface area contributed by atoms with Gasteiger partial charge in [-0.3, -0.25) is 14.3 Å². The third-order valence-electron chi connectivity index (χ3n) is 5.14. The standard InChI is InChI=1S/C17H26N4O2/c1-3-13(20-12-6-8-16(20)22)17(23)21-11-5-4-7-15(21)14-9-10-18-19(14)2/h9-10,13,15H,3-8,11-12H2,1-2H3. The van der Waals surface area contributed by atoms with Crippen LogP contribution in [0.3, 0.4) is 0 Å². The Hall–Kier alpha value is -1.85. The van der Waals surface area contributed by atoms with Gasteiger partial charge in [0.1, 0.15) is 6.04 Å². The van der Waals surface area contributed by atoms with Crippen molar-refractivity contribution in [3.63, 3.8) is 0 Å². The van der Waals surface area contributed by atoms with Crippen LogP contribution in [0, 0.1) is 0 Å². The molecule has 3 heterocycles. The van der Waals surface area contributed by atoms with Crippen molar-refractivity contribution in [2.24, 2.45) is 7.05 Å². The molecule has 2 fully saturated rings. The number of rotatable bonds is 4. The quantitative estimate of drug-likeness (QED) is 0.851. The fraction of sp³-hybridized carbons (Fsp3) is 0.706. The van der Waals surface area contributed by atoms with E-state index < -0.39 is 0 Å². The first-order valence-electron chi connectivity index (χ1n) is 8.71. The minimum absolute atomic E-state index is 0.0792. The number of aromatic nitrogens is 2. The van der Waals surface area contributed by atoms with Crippen molar-refractivity contribution in [1.29, 1.82) is 0 Å². The van der Waals surface area contributed by atoms with Crippen LogP contribution in [0.5, 0.6) is 0 Å². The summed E-state index contributed by atoms with van der Waals surface area (Å²) in [6.45, 7) is 3.48. The Morgan fingerprint density at radius 2 is 2.17 bits per heavy atom. The molecule has 126 valence electrons. The normalized spacial score (nSPS) is 23.4. The maximum absolute atomic E-state index is 13.2. The van der Waals surface area contributed by atoms with Crippen molar-refractivity contribution in [2.45, 2.75) is 57.5 Å². The van der Waals surface area contributed by atoms with Gasteiger partial charge in [-0.1, -0.05) is 6.92 Å². The molecule has 2 unspecified atom stereocenters. The first-order chi connectivity index (χ1) is 11.1. The Kier molecular flexibility index (Phi) is 4.68. The van der Waals surface area contributed by atoms with Gasteiger partial charge in [-0.15, -0.1) is 0 Å². The summed E-state index contributed by atoms with van der Waals surface area (Å²) in [4.78, 5) is 29.0. The lowest BCUT2D eigenvalue weighted by atomic mass is 9.97. The van der Waals surface area contributed by atoms with Crippen molar-refractivity contribution in [3.05, 3.63) is 18.0 Å². The summed E-state index contributed by atoms with van der Waals surface area (Å²) in [6, 6.07) is 1.77. The highest BCUT2D eigenvalue weighted by Crippen LogP contribution is 2.32. The Labute approximate surface area is 137 Å². The second kappa shape index (κ2) is 6.72. The molecule has 6 nitrogen and oxygen atoms in total. The number of piperidine rings is 1. The monoisotopic (exact) mass is 318 g/mol. The molecule has 1 aromatic heterocycles. The molecule has 2 aliphatic heterocycles. The van der Waals surface area contributed by atoms with Crippen LogP contribution in [-0.2, 0) is 16.6 Å². The number of carbonyl (C=O) groups is 2. The molecule has 2 aliphatic rings. The van der Waals surface area contributed by atoms with E-state index >= 15 is 0 Å². The van der Waals surface area contributed by atoms with Crippen LogP contribution >= 0.6 is 0 Å². The molecule has 23 heavy (non-hydrogen) atoms. The second-order valence-corrected chi connectivity index (χ2v) is 6.54. The Morgan fingerprint density at radius 3 is 2.78 bits per heavy atom. The summed E-state index contributed by atoms with van der Waals surface area (Å²) in [5, 5.41) is 4.25. The Morgan fingerprint density at radius 1 is 1.35 bits per heavy atom. The lowest BCUT2D eigenvalue weighted by molar-refractivity contribution is -0.146. The summed E-state index contributed by atoms with van der Waals surface area (Å²) < 4.78 is 1.86. The van der Waals surface area contributed by atoms with E-state index in [2.05, 4.69) is 5.10 Å². The fourth-order valence-corrected chi connectivity index (χ4v) is 3.93. The van der Waals surface area contributed by atoms with E-state index in [0.29, 0.717) is 19.4 Å². The third kappa shape index (κ3) is 2.99. The van der Waals surface area contributed by atoms with Crippen LogP contribution in [0.25, 0.3) is 0 Å². The molecule has 0 bridgehead atoms. The van der Waals surface area contributed by atoms with E-state index in [4.69, 9.17) is 0 Å². The molecule has 1 aromatic rings. The molecular formula is C17H26N4O2. The Balaban J connectivity index is 1.83. The van der Waals surface area contributed by atoms with Gasteiger partial charge in [0.05, 0.1) is 11.7 Å². The number of carbonyl (C=O) groups excluding carboxylic acids is 2. The number of hydrogen-bond donors (Lipinski definition) is 0. The molecule has 0 N–H and O–H groups in total. The third-order valence-corrected chi connectivity index (χ3v) is 5.14. The van der Waals surface area contributed by atoms with Gasteiger partial charge < -0.3 is 9.80 Å². The lowest BCUT2D eigenvalue weighted by Gasteiger charge is -2.39. The van der Waals surface area contributed by atoms with Gasteiger partial charge >= 0.3 is 0 Å². The summed E-state index contributed by atoms with van der Waals surface area (Å²) in [6.07, 6.45) is 7.04. The van der Waals surface area contributed by atoms with Gasteiger partial charge in [0, 0.05) is 32.8 Å². The van der Waals surface area contributed by atoms with Crippen molar-refractivity contribution >= 4 is 11.8 Å². The zero-order valence-corrected chi connectivity index (χ0v) is 14.1. The largest absolute Gasteiger partial charge is 0.332 e. The van der Waals surface area contributed by atoms with Crippen LogP contribution in [-0.4, -0.2) is 50.5 Å². The smallest absolute Gasteiger partial charge is 0.245 e. The van der Waals surface area contributed by atoms with E-state index in [1.54, 1.807) is 11.1 Å². The van der Waals surface area contributed by atoms with Gasteiger partial charge in [-0.05, 0) is 38.2 Å². The number of likely N-dealkylation sites (tertiary alicyclic amines) is 2. The van der Waals surface area contributed by atoms with Crippen molar-refractivity contribution in [2.75, 3.05) is 13.1 Å². The fourth-order valence-electron chi connectivity index (χ4n) is 3.93. The molecule has 0 saturated carbocycles. The number of aryl methyl sites for hydroxylation is 1. The van der Waals surface area contributed by atoms with Gasteiger partial charge in [0.2, 0.25) is 11.8 Å². The van der Waals surface area contributed by atoms with Crippen LogP contribution in [0.2, 0.25) is 0 Å². The van der Waals surface area contributed by atoms with Crippen molar-refractivity contribution in [1.82, 2.24) is 19.6 Å². The molecule has 2 atom stereocenters. The van der Waals surface area contributed by atoms with Gasteiger partial charge in [-0.25, -0.2) is 0 Å². The molecule has 0 aliphatic carbocycles. The molecule has 0 spiro atoms. The summed E-state index contributed by atoms with van der Waals surface area (Å²) in [5.41, 5.74) is 1.08. The van der Waals surface area contributed by atoms with Crippen LogP contribution in [0.1, 0.15) is 57.2 Å². The molecule has 6 heteroatoms. The van der Waals surface area contributed by atoms with Crippen molar-refractivity contribution in [3.8, 4) is 0 Å². The molecule has 0 radical (unpaired) electrons. The van der Waals surface area contributed by atoms with Gasteiger partial charge in [0.25, 0.3) is 0 Å². The maximum Gasteiger partial charge on any atom is 0.245 e. The van der Waals surface area contributed by atoms with Gasteiger partial charge in [0.15, 0.2) is 0 Å². The van der Waals surface area contributed by atoms with E-state index in [9.17, 15) is 9.59 Å². The lowest BCUT2D eigenvalue weighted by Crippen LogP contribution is -2.51. The maximum atomic E-state index is 13.2. The molecule has 3 rings (SSSR count). The first kappa shape index (κ1) is 16.0. The summed E-state index contributed by atoms with van der Waals surface area (Å²) in [5.74, 6) is 0.230. The highest BCUT2D eigenvalue weighted by Gasteiger charge is 2.38. The highest BCUT2D eigenvalue weighted by molar-refractivity contribution is 5.88. The summed E-state index contributed by atoms with van der Waals surface area (Å²) >= 11 is 0. The summed E-state index contributed by atoms with van der Waals surface area (Å²) in [7, 11) is 1.92. The van der Waals surface area contributed by atoms with Crippen LogP contribution in [0.15, 0.2) is 12.3 Å². The van der Waals surface area contributed by atoms with E-state index in [1.165, 1.54) is 0 Å². The number of amides is 2. The van der Waals surface area contributed by atoms with Crippen molar-refractivity contribution < 1.29 is 9.59 Å². The van der Waals surface area contributed by atoms with E-state index in [-0.39, 0.29) is 23.9 Å². The number of nitrogens with zero attached hydrogens (tertiary/aromatic N) is 4. The second-order valence-electron chi connectivity index (χ2n) is 6.54. The predicted molar refractivity (Wildman–Crippen MR) is 86.5 cm³/mol. The average molecular weight is 318 g/mol.